The molecule has 3 aromatic rings. The molecule has 5 nitrogen and oxygen atoms in total. The number of nitrogens with one attached hydrogen (secondary N) is 1. The van der Waals surface area contributed by atoms with Gasteiger partial charge in [0.1, 0.15) is 12.4 Å². The van der Waals surface area contributed by atoms with Crippen molar-refractivity contribution in [1.82, 2.24) is 4.90 Å². The molecule has 5 heteroatoms. The summed E-state index contributed by atoms with van der Waals surface area (Å²) in [6.45, 7) is 6.73. The van der Waals surface area contributed by atoms with Crippen LogP contribution in [0.25, 0.3) is 0 Å². The van der Waals surface area contributed by atoms with Crippen LogP contribution in [-0.2, 0) is 6.61 Å². The normalized spacial score (nSPS) is 14.3. The number of amides is 1. The fraction of sp³-hybridized carbons (Fsp3) is 0.269. The van der Waals surface area contributed by atoms with Gasteiger partial charge in [0.25, 0.3) is 5.91 Å². The van der Waals surface area contributed by atoms with E-state index in [0.717, 1.165) is 43.2 Å². The van der Waals surface area contributed by atoms with Crippen LogP contribution in [0.5, 0.6) is 5.75 Å². The number of ether oxygens (including phenoxy) is 1. The van der Waals surface area contributed by atoms with Crippen LogP contribution >= 0.6 is 0 Å². The Balaban J connectivity index is 1.30. The van der Waals surface area contributed by atoms with Crippen molar-refractivity contribution in [2.45, 2.75) is 13.5 Å². The fourth-order valence-electron chi connectivity index (χ4n) is 3.58. The van der Waals surface area contributed by atoms with Crippen molar-refractivity contribution in [3.8, 4) is 5.75 Å². The quantitative estimate of drug-likeness (QED) is 0.640. The summed E-state index contributed by atoms with van der Waals surface area (Å²) in [4.78, 5) is 17.3. The molecule has 4 rings (SSSR count). The van der Waals surface area contributed by atoms with Gasteiger partial charge in [-0.1, -0.05) is 29.8 Å². The molecule has 160 valence electrons. The molecule has 0 atom stereocenters. The zero-order valence-corrected chi connectivity index (χ0v) is 18.2. The lowest BCUT2D eigenvalue weighted by Crippen LogP contribution is -2.44. The molecular formula is C26H29N3O2. The minimum absolute atomic E-state index is 0.113. The summed E-state index contributed by atoms with van der Waals surface area (Å²) in [6, 6.07) is 23.6. The Labute approximate surface area is 184 Å². The van der Waals surface area contributed by atoms with E-state index in [1.807, 2.05) is 60.7 Å². The molecular weight excluding hydrogens is 386 g/mol. The summed E-state index contributed by atoms with van der Waals surface area (Å²) in [6.07, 6.45) is 0. The molecule has 1 saturated heterocycles. The average Bonchev–Trinajstić information content (AvgIpc) is 2.80. The van der Waals surface area contributed by atoms with Gasteiger partial charge in [-0.25, -0.2) is 0 Å². The van der Waals surface area contributed by atoms with E-state index in [-0.39, 0.29) is 5.91 Å². The second kappa shape index (κ2) is 9.67. The van der Waals surface area contributed by atoms with Crippen LogP contribution in [0.3, 0.4) is 0 Å². The highest BCUT2D eigenvalue weighted by molar-refractivity contribution is 6.04. The number of nitrogens with zero attached hydrogens (tertiary/aromatic N) is 2. The largest absolute Gasteiger partial charge is 0.489 e. The number of carbonyl (C=O) groups is 1. The number of benzene rings is 3. The first-order chi connectivity index (χ1) is 15.1. The minimum Gasteiger partial charge on any atom is -0.489 e. The summed E-state index contributed by atoms with van der Waals surface area (Å²) in [5.41, 5.74) is 4.85. The van der Waals surface area contributed by atoms with Gasteiger partial charge in [0.15, 0.2) is 0 Å². The molecule has 1 heterocycles. The van der Waals surface area contributed by atoms with Gasteiger partial charge in [-0.2, -0.15) is 0 Å². The molecule has 0 saturated carbocycles. The van der Waals surface area contributed by atoms with Gasteiger partial charge in [0.2, 0.25) is 0 Å². The standard InChI is InChI=1S/C26H29N3O2/c1-20-3-13-25(14-4-20)31-19-21-5-7-22(8-6-21)26(30)27-23-9-11-24(12-10-23)29-17-15-28(2)16-18-29/h3-14H,15-19H2,1-2H3,(H,27,30). The molecule has 31 heavy (non-hydrogen) atoms. The van der Waals surface area contributed by atoms with Gasteiger partial charge in [-0.3, -0.25) is 4.79 Å². The molecule has 1 aliphatic heterocycles. The van der Waals surface area contributed by atoms with Gasteiger partial charge in [-0.05, 0) is 68.1 Å². The first-order valence-corrected chi connectivity index (χ1v) is 10.7. The van der Waals surface area contributed by atoms with Gasteiger partial charge in [0, 0.05) is 43.1 Å². The molecule has 3 aromatic carbocycles. The van der Waals surface area contributed by atoms with Crippen LogP contribution in [0.1, 0.15) is 21.5 Å². The summed E-state index contributed by atoms with van der Waals surface area (Å²) in [5.74, 6) is 0.728. The minimum atomic E-state index is -0.113. The van der Waals surface area contributed by atoms with Gasteiger partial charge in [-0.15, -0.1) is 0 Å². The number of anilines is 2. The maximum absolute atomic E-state index is 12.6. The first-order valence-electron chi connectivity index (χ1n) is 10.7. The summed E-state index contributed by atoms with van der Waals surface area (Å²) >= 11 is 0. The zero-order chi connectivity index (χ0) is 21.6. The van der Waals surface area contributed by atoms with Crippen LogP contribution in [0.2, 0.25) is 0 Å². The molecule has 0 aromatic heterocycles. The van der Waals surface area contributed by atoms with Crippen LogP contribution in [-0.4, -0.2) is 44.0 Å². The Hall–Kier alpha value is -3.31. The van der Waals surface area contributed by atoms with Gasteiger partial charge in [0.05, 0.1) is 0 Å². The second-order valence-electron chi connectivity index (χ2n) is 8.09. The molecule has 0 spiro atoms. The molecule has 0 bridgehead atoms. The van der Waals surface area contributed by atoms with Crippen LogP contribution in [0, 0.1) is 6.92 Å². The third kappa shape index (κ3) is 5.64. The average molecular weight is 416 g/mol. The van der Waals surface area contributed by atoms with E-state index in [1.165, 1.54) is 11.3 Å². The van der Waals surface area contributed by atoms with E-state index < -0.39 is 0 Å². The monoisotopic (exact) mass is 415 g/mol. The number of hydrogen-bond acceptors (Lipinski definition) is 4. The number of rotatable bonds is 6. The lowest BCUT2D eigenvalue weighted by molar-refractivity contribution is 0.102. The summed E-state index contributed by atoms with van der Waals surface area (Å²) in [7, 11) is 2.15. The van der Waals surface area contributed by atoms with Crippen molar-refractivity contribution in [1.29, 1.82) is 0 Å². The highest BCUT2D eigenvalue weighted by Gasteiger charge is 2.14. The number of hydrogen-bond donors (Lipinski definition) is 1. The number of carbonyl (C=O) groups excluding carboxylic acids is 1. The third-order valence-electron chi connectivity index (χ3n) is 5.64. The number of piperazine rings is 1. The van der Waals surface area contributed by atoms with Gasteiger partial charge >= 0.3 is 0 Å². The molecule has 1 aliphatic rings. The molecule has 1 N–H and O–H groups in total. The predicted octanol–water partition coefficient (Wildman–Crippen LogP) is 4.58. The number of aryl methyl sites for hydroxylation is 1. The van der Waals surface area contributed by atoms with Crippen molar-refractivity contribution in [2.24, 2.45) is 0 Å². The Kier molecular flexibility index (Phi) is 6.53. The highest BCUT2D eigenvalue weighted by atomic mass is 16.5. The maximum atomic E-state index is 12.6. The fourth-order valence-corrected chi connectivity index (χ4v) is 3.58. The lowest BCUT2D eigenvalue weighted by Gasteiger charge is -2.34. The van der Waals surface area contributed by atoms with Crippen molar-refractivity contribution in [2.75, 3.05) is 43.4 Å². The zero-order valence-electron chi connectivity index (χ0n) is 18.2. The lowest BCUT2D eigenvalue weighted by atomic mass is 10.1. The van der Waals surface area contributed by atoms with Crippen molar-refractivity contribution in [3.63, 3.8) is 0 Å². The van der Waals surface area contributed by atoms with Crippen molar-refractivity contribution >= 4 is 17.3 Å². The Morgan fingerprint density at radius 3 is 2.16 bits per heavy atom. The summed E-state index contributed by atoms with van der Waals surface area (Å²) < 4.78 is 5.80. The molecule has 1 fully saturated rings. The SMILES string of the molecule is Cc1ccc(OCc2ccc(C(=O)Nc3ccc(N4CCN(C)CC4)cc3)cc2)cc1. The van der Waals surface area contributed by atoms with E-state index >= 15 is 0 Å². The molecule has 0 radical (unpaired) electrons. The smallest absolute Gasteiger partial charge is 0.255 e. The van der Waals surface area contributed by atoms with E-state index in [0.29, 0.717) is 12.2 Å². The van der Waals surface area contributed by atoms with E-state index in [9.17, 15) is 4.79 Å². The van der Waals surface area contributed by atoms with Crippen molar-refractivity contribution < 1.29 is 9.53 Å². The molecule has 1 amide bonds. The van der Waals surface area contributed by atoms with Crippen LogP contribution in [0.4, 0.5) is 11.4 Å². The molecule has 0 aliphatic carbocycles. The molecule has 0 unspecified atom stereocenters. The Morgan fingerprint density at radius 1 is 0.871 bits per heavy atom. The topological polar surface area (TPSA) is 44.8 Å². The van der Waals surface area contributed by atoms with Crippen LogP contribution in [0.15, 0.2) is 72.8 Å². The van der Waals surface area contributed by atoms with Crippen LogP contribution < -0.4 is 15.0 Å². The van der Waals surface area contributed by atoms with Crippen molar-refractivity contribution in [3.05, 3.63) is 89.5 Å². The highest BCUT2D eigenvalue weighted by Crippen LogP contribution is 2.20. The Morgan fingerprint density at radius 2 is 1.52 bits per heavy atom. The Bertz CT molecular complexity index is 990. The number of likely N-dealkylation sites (N-methyl/N-ethyl adjacent to an activating group) is 1. The van der Waals surface area contributed by atoms with E-state index in [2.05, 4.69) is 41.2 Å². The van der Waals surface area contributed by atoms with Gasteiger partial charge < -0.3 is 19.9 Å². The first kappa shape index (κ1) is 20.9. The predicted molar refractivity (Wildman–Crippen MR) is 126 cm³/mol. The maximum Gasteiger partial charge on any atom is 0.255 e. The third-order valence-corrected chi connectivity index (χ3v) is 5.64. The van der Waals surface area contributed by atoms with E-state index in [4.69, 9.17) is 4.74 Å². The van der Waals surface area contributed by atoms with E-state index in [1.54, 1.807) is 0 Å². The second-order valence-corrected chi connectivity index (χ2v) is 8.09. The summed E-state index contributed by atoms with van der Waals surface area (Å²) in [5, 5.41) is 2.98.